The highest BCUT2D eigenvalue weighted by molar-refractivity contribution is 6.37. The number of H-pyrrole nitrogens is 1. The Morgan fingerprint density at radius 1 is 1.09 bits per heavy atom. The van der Waals surface area contributed by atoms with Crippen LogP contribution in [0.25, 0.3) is 27.8 Å². The topological polar surface area (TPSA) is 62.0 Å². The number of benzene rings is 3. The number of phenolic OH excluding ortho intramolecular Hbond substituents is 1. The average Bonchev–Trinajstić information content (AvgIpc) is 3.11. The van der Waals surface area contributed by atoms with E-state index in [0.717, 1.165) is 58.1 Å². The highest BCUT2D eigenvalue weighted by Crippen LogP contribution is 2.53. The van der Waals surface area contributed by atoms with Crippen molar-refractivity contribution in [3.8, 4) is 5.75 Å². The van der Waals surface area contributed by atoms with Gasteiger partial charge in [-0.15, -0.1) is 0 Å². The normalized spacial score (nSPS) is 22.0. The average molecular weight is 443 g/mol. The van der Waals surface area contributed by atoms with Gasteiger partial charge in [0.15, 0.2) is 0 Å². The first-order valence-electron chi connectivity index (χ1n) is 11.5. The van der Waals surface area contributed by atoms with Gasteiger partial charge in [0, 0.05) is 28.0 Å². The Hall–Kier alpha value is -2.75. The maximum atomic E-state index is 10.3. The van der Waals surface area contributed by atoms with E-state index in [1.165, 1.54) is 22.3 Å². The second-order valence-corrected chi connectivity index (χ2v) is 9.88. The number of aryl methyl sites for hydroxylation is 1. The third-order valence-electron chi connectivity index (χ3n) is 7.44. The van der Waals surface area contributed by atoms with Crippen molar-refractivity contribution in [1.29, 1.82) is 0 Å². The number of allylic oxidation sites excluding steroid dienone is 1. The van der Waals surface area contributed by atoms with Crippen LogP contribution in [0.4, 0.5) is 0 Å². The van der Waals surface area contributed by atoms with E-state index in [9.17, 15) is 5.11 Å². The molecule has 6 rings (SSSR count). The van der Waals surface area contributed by atoms with Crippen molar-refractivity contribution in [3.05, 3.63) is 81.5 Å². The van der Waals surface area contributed by atoms with E-state index in [1.807, 2.05) is 12.1 Å². The largest absolute Gasteiger partial charge is 0.507 e. The lowest BCUT2D eigenvalue weighted by Gasteiger charge is -2.10. The molecule has 4 heteroatoms. The lowest BCUT2D eigenvalue weighted by Crippen LogP contribution is -2.07. The standard InChI is InChI=1S/C28H27ClN2O/c1-2-23-27(29)26-19(10-17-12-21-22(13-17)28(21)30)9-16(14-24(26)31-23)8-15-6-7-18-4-3-5-25(32)20(18)11-15/h3-7,9-11,14,21-22,28,31-32H,2,8,12-13,30H2,1H3. The van der Waals surface area contributed by atoms with Crippen molar-refractivity contribution < 1.29 is 5.11 Å². The molecule has 0 radical (unpaired) electrons. The van der Waals surface area contributed by atoms with Gasteiger partial charge in [0.05, 0.1) is 5.02 Å². The number of hydrogen-bond donors (Lipinski definition) is 3. The van der Waals surface area contributed by atoms with E-state index < -0.39 is 0 Å². The Morgan fingerprint density at radius 2 is 1.91 bits per heavy atom. The molecule has 0 spiro atoms. The molecular weight excluding hydrogens is 416 g/mol. The third-order valence-corrected chi connectivity index (χ3v) is 7.85. The molecule has 2 aliphatic rings. The molecule has 4 N–H and O–H groups in total. The number of nitrogens with one attached hydrogen (secondary N) is 1. The number of aromatic nitrogens is 1. The van der Waals surface area contributed by atoms with Crippen LogP contribution in [-0.2, 0) is 12.8 Å². The molecule has 2 aliphatic carbocycles. The van der Waals surface area contributed by atoms with Crippen LogP contribution in [0, 0.1) is 11.8 Å². The summed E-state index contributed by atoms with van der Waals surface area (Å²) in [5.74, 6) is 1.68. The molecule has 1 heterocycles. The van der Waals surface area contributed by atoms with Crippen LogP contribution in [0.1, 0.15) is 42.1 Å². The smallest absolute Gasteiger partial charge is 0.123 e. The predicted molar refractivity (Wildman–Crippen MR) is 133 cm³/mol. The Balaban J connectivity index is 1.42. The summed E-state index contributed by atoms with van der Waals surface area (Å²) in [6.07, 6.45) is 6.26. The molecule has 0 bridgehead atoms. The minimum Gasteiger partial charge on any atom is -0.507 e. The third kappa shape index (κ3) is 3.23. The summed E-state index contributed by atoms with van der Waals surface area (Å²) < 4.78 is 0. The summed E-state index contributed by atoms with van der Waals surface area (Å²) >= 11 is 6.80. The van der Waals surface area contributed by atoms with E-state index in [4.69, 9.17) is 17.3 Å². The van der Waals surface area contributed by atoms with Crippen LogP contribution < -0.4 is 5.73 Å². The van der Waals surface area contributed by atoms with Crippen molar-refractivity contribution in [2.24, 2.45) is 17.6 Å². The Bertz CT molecular complexity index is 1390. The molecule has 32 heavy (non-hydrogen) atoms. The minimum absolute atomic E-state index is 0.326. The summed E-state index contributed by atoms with van der Waals surface area (Å²) in [6.45, 7) is 2.13. The summed E-state index contributed by atoms with van der Waals surface area (Å²) in [5, 5.41) is 14.2. The molecule has 4 aromatic rings. The van der Waals surface area contributed by atoms with Gasteiger partial charge in [-0.3, -0.25) is 0 Å². The van der Waals surface area contributed by atoms with Crippen molar-refractivity contribution in [1.82, 2.24) is 4.98 Å². The van der Waals surface area contributed by atoms with Crippen molar-refractivity contribution in [3.63, 3.8) is 0 Å². The van der Waals surface area contributed by atoms with E-state index in [1.54, 1.807) is 6.07 Å². The van der Waals surface area contributed by atoms with Gasteiger partial charge in [0.25, 0.3) is 0 Å². The molecule has 2 unspecified atom stereocenters. The number of hydrogen-bond acceptors (Lipinski definition) is 2. The monoisotopic (exact) mass is 442 g/mol. The quantitative estimate of drug-likeness (QED) is 0.334. The first kappa shape index (κ1) is 19.9. The number of rotatable bonds is 4. The number of aromatic hydroxyl groups is 1. The fourth-order valence-corrected chi connectivity index (χ4v) is 6.01. The van der Waals surface area contributed by atoms with Crippen LogP contribution in [0.3, 0.4) is 0 Å². The second kappa shape index (κ2) is 7.40. The van der Waals surface area contributed by atoms with Gasteiger partial charge in [0.2, 0.25) is 0 Å². The number of fused-ring (bicyclic) bond motifs is 3. The SMILES string of the molecule is CCc1[nH]c2cc(Cc3ccc4cccc(O)c4c3)cc(C=C3CC4C(N)C4C3)c2c1Cl. The first-order chi connectivity index (χ1) is 15.5. The number of nitrogens with two attached hydrogens (primary N) is 1. The molecule has 3 aromatic carbocycles. The zero-order valence-corrected chi connectivity index (χ0v) is 18.9. The molecule has 0 aliphatic heterocycles. The molecule has 2 fully saturated rings. The Kier molecular flexibility index (Phi) is 4.60. The maximum Gasteiger partial charge on any atom is 0.123 e. The van der Waals surface area contributed by atoms with E-state index in [2.05, 4.69) is 48.3 Å². The van der Waals surface area contributed by atoms with E-state index in [0.29, 0.717) is 23.6 Å². The first-order valence-corrected chi connectivity index (χ1v) is 11.9. The van der Waals surface area contributed by atoms with Crippen LogP contribution in [0.5, 0.6) is 5.75 Å². The fraction of sp³-hybridized carbons (Fsp3) is 0.286. The predicted octanol–water partition coefficient (Wildman–Crippen LogP) is 6.58. The highest BCUT2D eigenvalue weighted by atomic mass is 35.5. The molecule has 2 atom stereocenters. The van der Waals surface area contributed by atoms with Crippen LogP contribution >= 0.6 is 11.6 Å². The van der Waals surface area contributed by atoms with Crippen molar-refractivity contribution in [2.75, 3.05) is 0 Å². The lowest BCUT2D eigenvalue weighted by molar-refractivity contribution is 0.481. The van der Waals surface area contributed by atoms with E-state index >= 15 is 0 Å². The zero-order chi connectivity index (χ0) is 22.0. The van der Waals surface area contributed by atoms with Gasteiger partial charge in [-0.1, -0.05) is 60.5 Å². The molecule has 3 nitrogen and oxygen atoms in total. The van der Waals surface area contributed by atoms with Crippen LogP contribution in [0.15, 0.2) is 54.1 Å². The fourth-order valence-electron chi connectivity index (χ4n) is 5.62. The van der Waals surface area contributed by atoms with Gasteiger partial charge >= 0.3 is 0 Å². The zero-order valence-electron chi connectivity index (χ0n) is 18.2. The second-order valence-electron chi connectivity index (χ2n) is 9.50. The van der Waals surface area contributed by atoms with Crippen LogP contribution in [0.2, 0.25) is 5.02 Å². The maximum absolute atomic E-state index is 10.3. The van der Waals surface area contributed by atoms with Crippen molar-refractivity contribution >= 4 is 39.4 Å². The van der Waals surface area contributed by atoms with E-state index in [-0.39, 0.29) is 0 Å². The minimum atomic E-state index is 0.326. The summed E-state index contributed by atoms with van der Waals surface area (Å²) in [7, 11) is 0. The Morgan fingerprint density at radius 3 is 2.69 bits per heavy atom. The summed E-state index contributed by atoms with van der Waals surface area (Å²) in [4.78, 5) is 3.55. The van der Waals surface area contributed by atoms with Gasteiger partial charge in [0.1, 0.15) is 5.75 Å². The Labute approximate surface area is 192 Å². The van der Waals surface area contributed by atoms with Gasteiger partial charge in [-0.25, -0.2) is 0 Å². The summed E-state index contributed by atoms with van der Waals surface area (Å²) in [6, 6.07) is 16.9. The molecule has 0 saturated heterocycles. The van der Waals surface area contributed by atoms with Crippen LogP contribution in [-0.4, -0.2) is 16.1 Å². The molecular formula is C28H27ClN2O. The lowest BCUT2D eigenvalue weighted by atomic mass is 9.96. The number of aromatic amines is 1. The van der Waals surface area contributed by atoms with Gasteiger partial charge in [-0.05, 0) is 77.8 Å². The van der Waals surface area contributed by atoms with Gasteiger partial charge in [-0.2, -0.15) is 0 Å². The number of halogens is 1. The molecule has 1 aromatic heterocycles. The number of phenols is 1. The van der Waals surface area contributed by atoms with Crippen molar-refractivity contribution in [2.45, 2.75) is 38.6 Å². The van der Waals surface area contributed by atoms with Gasteiger partial charge < -0.3 is 15.8 Å². The highest BCUT2D eigenvalue weighted by Gasteiger charge is 2.51. The summed E-state index contributed by atoms with van der Waals surface area (Å²) in [5.41, 5.74) is 13.4. The molecule has 2 saturated carbocycles. The molecule has 162 valence electrons. The molecule has 0 amide bonds.